The van der Waals surface area contributed by atoms with Gasteiger partial charge < -0.3 is 19.1 Å². The fourth-order valence-corrected chi connectivity index (χ4v) is 11.5. The van der Waals surface area contributed by atoms with Crippen LogP contribution in [0.4, 0.5) is 14.5 Å². The number of hydrogen-bond acceptors (Lipinski definition) is 9. The van der Waals surface area contributed by atoms with Gasteiger partial charge >= 0.3 is 0 Å². The average Bonchev–Trinajstić information content (AvgIpc) is 3.26. The Morgan fingerprint density at radius 2 is 1.29 bits per heavy atom. The smallest absolute Gasteiger partial charge is 0.213 e. The monoisotopic (exact) mass is 857 g/mol. The second-order valence-electron chi connectivity index (χ2n) is 17.0. The number of likely N-dealkylation sites (tertiary alicyclic amines) is 1. The Balaban J connectivity index is 1.09. The summed E-state index contributed by atoms with van der Waals surface area (Å²) in [6.45, 7) is 13.5. The largest absolute Gasteiger partial charge is 0.612 e. The summed E-state index contributed by atoms with van der Waals surface area (Å²) < 4.78 is 78.6. The number of piperidine rings is 2. The van der Waals surface area contributed by atoms with E-state index in [0.29, 0.717) is 53.1 Å². The zero-order valence-corrected chi connectivity index (χ0v) is 37.6. The van der Waals surface area contributed by atoms with Gasteiger partial charge in [0.25, 0.3) is 0 Å². The number of piperazine rings is 1. The van der Waals surface area contributed by atoms with E-state index in [4.69, 9.17) is 4.74 Å². The Hall–Kier alpha value is -2.55. The molecule has 1 atom stereocenters. The van der Waals surface area contributed by atoms with E-state index in [1.54, 1.807) is 24.5 Å². The number of rotatable bonds is 21. The van der Waals surface area contributed by atoms with Crippen molar-refractivity contribution in [2.45, 2.75) is 143 Å². The van der Waals surface area contributed by atoms with Crippen LogP contribution in [0.3, 0.4) is 0 Å². The molecule has 1 unspecified atom stereocenters. The highest BCUT2D eigenvalue weighted by Crippen LogP contribution is 2.40. The summed E-state index contributed by atoms with van der Waals surface area (Å²) in [6, 6.07) is 8.56. The van der Waals surface area contributed by atoms with Crippen LogP contribution in [-0.2, 0) is 21.0 Å². The maximum atomic E-state index is 15.9. The van der Waals surface area contributed by atoms with Gasteiger partial charge in [0, 0.05) is 69.0 Å². The van der Waals surface area contributed by atoms with Crippen LogP contribution < -0.4 is 9.64 Å². The molecule has 3 aromatic rings. The molecule has 0 amide bonds. The van der Waals surface area contributed by atoms with E-state index >= 15 is 8.78 Å². The zero-order chi connectivity index (χ0) is 41.8. The third-order valence-corrected chi connectivity index (χ3v) is 15.8. The molecular formula is C46H69F2N5O4S2. The summed E-state index contributed by atoms with van der Waals surface area (Å²) in [5.74, 6) is -3.06. The van der Waals surface area contributed by atoms with E-state index < -0.39 is 37.5 Å². The molecule has 6 rings (SSSR count). The normalized spacial score (nSPS) is 18.8. The van der Waals surface area contributed by atoms with Crippen LogP contribution in [0.1, 0.15) is 117 Å². The molecule has 1 aromatic heterocycles. The van der Waals surface area contributed by atoms with Gasteiger partial charge in [-0.3, -0.25) is 14.8 Å². The molecule has 328 valence electrons. The number of sulfone groups is 1. The lowest BCUT2D eigenvalue weighted by molar-refractivity contribution is 0.0384. The van der Waals surface area contributed by atoms with E-state index in [-0.39, 0.29) is 17.3 Å². The second-order valence-corrected chi connectivity index (χ2v) is 20.3. The minimum Gasteiger partial charge on any atom is -0.612 e. The van der Waals surface area contributed by atoms with Crippen molar-refractivity contribution in [1.82, 2.24) is 19.7 Å². The molecule has 3 aliphatic rings. The maximum absolute atomic E-state index is 15.9. The van der Waals surface area contributed by atoms with Crippen LogP contribution in [0.25, 0.3) is 10.9 Å². The van der Waals surface area contributed by atoms with Gasteiger partial charge in [-0.05, 0) is 87.2 Å². The van der Waals surface area contributed by atoms with E-state index in [9.17, 15) is 13.0 Å². The van der Waals surface area contributed by atoms with E-state index in [1.165, 1.54) is 89.6 Å². The van der Waals surface area contributed by atoms with Crippen molar-refractivity contribution in [2.24, 2.45) is 0 Å². The van der Waals surface area contributed by atoms with Gasteiger partial charge in [0.05, 0.1) is 17.8 Å². The molecule has 9 nitrogen and oxygen atoms in total. The summed E-state index contributed by atoms with van der Waals surface area (Å²) in [5.41, 5.74) is 0.945. The lowest BCUT2D eigenvalue weighted by Gasteiger charge is -2.46. The number of fused-ring (bicyclic) bond motifs is 1. The molecule has 13 heteroatoms. The topological polar surface area (TPSA) is 92.3 Å². The van der Waals surface area contributed by atoms with Crippen molar-refractivity contribution >= 4 is 37.6 Å². The van der Waals surface area contributed by atoms with Gasteiger partial charge in [-0.25, -0.2) is 12.8 Å². The van der Waals surface area contributed by atoms with Gasteiger partial charge in [-0.1, -0.05) is 84.5 Å². The summed E-state index contributed by atoms with van der Waals surface area (Å²) >= 11 is -1.33. The quantitative estimate of drug-likeness (QED) is 0.0769. The fraction of sp³-hybridized carbons (Fsp3) is 0.674. The first-order chi connectivity index (χ1) is 28.6. The number of pyridine rings is 1. The highest BCUT2D eigenvalue weighted by atomic mass is 32.2. The average molecular weight is 858 g/mol. The van der Waals surface area contributed by atoms with Crippen LogP contribution >= 0.6 is 0 Å². The summed E-state index contributed by atoms with van der Waals surface area (Å²) in [4.78, 5) is 13.9. The summed E-state index contributed by atoms with van der Waals surface area (Å²) in [5, 5.41) is 0.531. The lowest BCUT2D eigenvalue weighted by Crippen LogP contribution is -2.56. The minimum atomic E-state index is -4.59. The lowest BCUT2D eigenvalue weighted by atomic mass is 9.99. The second kappa shape index (κ2) is 22.5. The van der Waals surface area contributed by atoms with Crippen molar-refractivity contribution in [1.29, 1.82) is 0 Å². The van der Waals surface area contributed by atoms with Crippen molar-refractivity contribution < 1.29 is 26.5 Å². The molecule has 0 bridgehead atoms. The number of benzene rings is 2. The first kappa shape index (κ1) is 46.0. The highest BCUT2D eigenvalue weighted by Gasteiger charge is 2.35. The first-order valence-electron chi connectivity index (χ1n) is 22.7. The molecule has 3 saturated heterocycles. The number of halogens is 2. The highest BCUT2D eigenvalue weighted by molar-refractivity contribution is 7.91. The van der Waals surface area contributed by atoms with Crippen molar-refractivity contribution in [3.05, 3.63) is 48.2 Å². The Labute approximate surface area is 356 Å². The van der Waals surface area contributed by atoms with Crippen LogP contribution in [0, 0.1) is 11.6 Å². The van der Waals surface area contributed by atoms with E-state index in [2.05, 4.69) is 33.5 Å². The number of nitrogens with zero attached hydrogens (tertiary/aromatic N) is 5. The molecular weight excluding hydrogens is 789 g/mol. The van der Waals surface area contributed by atoms with Gasteiger partial charge in [0.1, 0.15) is 16.0 Å². The third kappa shape index (κ3) is 11.9. The van der Waals surface area contributed by atoms with Gasteiger partial charge in [0.15, 0.2) is 16.5 Å². The number of aromatic nitrogens is 1. The van der Waals surface area contributed by atoms with Crippen molar-refractivity contribution in [3.8, 4) is 5.75 Å². The number of anilines is 1. The van der Waals surface area contributed by atoms with Crippen LogP contribution in [-0.4, -0.2) is 117 Å². The number of ether oxygens (including phenoxy) is 1. The van der Waals surface area contributed by atoms with Crippen molar-refractivity contribution in [3.63, 3.8) is 0 Å². The third-order valence-electron chi connectivity index (χ3n) is 13.1. The zero-order valence-electron chi connectivity index (χ0n) is 35.9. The van der Waals surface area contributed by atoms with Crippen LogP contribution in [0.5, 0.6) is 5.75 Å². The minimum absolute atomic E-state index is 0.186. The molecule has 4 heterocycles. The van der Waals surface area contributed by atoms with Crippen LogP contribution in [0.2, 0.25) is 0 Å². The fourth-order valence-electron chi connectivity index (χ4n) is 9.44. The standard InChI is InChI=1S/C46H69F2N5O4S2/c1-4-6-7-8-9-10-11-12-13-14-15-16-33-57-41-19-20-42(45(48)44(41)47)59(55,56)43-35-49-40-18-17-38(58(3)54)34-39(40)46(43)53-27-23-37(24-28-53)52-31-29-51(30-32-52)36-21-25-50(5-2)26-22-36/h17-20,34-37H,4-16,21-33H2,1-3H3. The van der Waals surface area contributed by atoms with Gasteiger partial charge in [-0.15, -0.1) is 0 Å². The predicted molar refractivity (Wildman–Crippen MR) is 236 cm³/mol. The van der Waals surface area contributed by atoms with Gasteiger partial charge in [-0.2, -0.15) is 4.39 Å². The Bertz CT molecular complexity index is 1880. The Morgan fingerprint density at radius 3 is 1.85 bits per heavy atom. The van der Waals surface area contributed by atoms with Gasteiger partial charge in [0.2, 0.25) is 15.7 Å². The van der Waals surface area contributed by atoms with Crippen molar-refractivity contribution in [2.75, 3.05) is 76.7 Å². The predicted octanol–water partition coefficient (Wildman–Crippen LogP) is 9.23. The summed E-state index contributed by atoms with van der Waals surface area (Å²) in [7, 11) is -4.59. The molecule has 2 aromatic carbocycles. The molecule has 3 aliphatic heterocycles. The number of hydrogen-bond donors (Lipinski definition) is 0. The first-order valence-corrected chi connectivity index (χ1v) is 25.7. The van der Waals surface area contributed by atoms with Crippen LogP contribution in [0.15, 0.2) is 51.2 Å². The molecule has 0 radical (unpaired) electrons. The van der Waals surface area contributed by atoms with E-state index in [0.717, 1.165) is 70.9 Å². The molecule has 3 fully saturated rings. The SMILES string of the molecule is CCCCCCCCCCCCCCOc1ccc(S(=O)(=O)c2cnc3ccc([S+](C)[O-])cc3c2N2CCC(N3CCN(C4CCN(CC)CC4)CC3)CC2)c(F)c1F. The molecule has 0 spiro atoms. The maximum Gasteiger partial charge on any atom is 0.213 e. The number of unbranched alkanes of at least 4 members (excludes halogenated alkanes) is 11. The molecule has 0 aliphatic carbocycles. The Morgan fingerprint density at radius 1 is 0.729 bits per heavy atom. The summed E-state index contributed by atoms with van der Waals surface area (Å²) in [6.07, 6.45) is 21.2. The molecule has 0 saturated carbocycles. The molecule has 59 heavy (non-hydrogen) atoms. The van der Waals surface area contributed by atoms with E-state index in [1.807, 2.05) is 4.90 Å². The molecule has 0 N–H and O–H groups in total. The Kier molecular flexibility index (Phi) is 17.5.